The van der Waals surface area contributed by atoms with E-state index in [0.717, 1.165) is 0 Å². The highest BCUT2D eigenvalue weighted by atomic mass is 16.5. The van der Waals surface area contributed by atoms with E-state index >= 15 is 0 Å². The highest BCUT2D eigenvalue weighted by molar-refractivity contribution is 6.06. The van der Waals surface area contributed by atoms with Gasteiger partial charge in [0.1, 0.15) is 16.9 Å². The quantitative estimate of drug-likeness (QED) is 0.690. The largest absolute Gasteiger partial charge is 0.494 e. The minimum Gasteiger partial charge on any atom is -0.494 e. The number of para-hydroxylation sites is 1. The molecule has 2 aromatic carbocycles. The van der Waals surface area contributed by atoms with Gasteiger partial charge < -0.3 is 14.1 Å². The molecule has 0 aliphatic rings. The van der Waals surface area contributed by atoms with Crippen molar-refractivity contribution in [3.8, 4) is 5.75 Å². The molecule has 0 atom stereocenters. The molecule has 0 saturated heterocycles. The van der Waals surface area contributed by atoms with Crippen LogP contribution in [0.4, 0.5) is 5.69 Å². The van der Waals surface area contributed by atoms with Crippen LogP contribution in [0.15, 0.2) is 63.8 Å². The molecule has 0 unspecified atom stereocenters. The van der Waals surface area contributed by atoms with Gasteiger partial charge in [0.25, 0.3) is 5.91 Å². The van der Waals surface area contributed by atoms with E-state index in [0.29, 0.717) is 29.0 Å². The Labute approximate surface area is 139 Å². The van der Waals surface area contributed by atoms with Gasteiger partial charge in [-0.1, -0.05) is 18.2 Å². The molecule has 3 aromatic rings. The average molecular weight is 323 g/mol. The number of anilines is 1. The maximum atomic E-state index is 12.6. The van der Waals surface area contributed by atoms with Crippen LogP contribution >= 0.6 is 0 Å². The first-order valence-corrected chi connectivity index (χ1v) is 7.64. The summed E-state index contributed by atoms with van der Waals surface area (Å²) in [5.74, 6) is 0.208. The maximum Gasteiger partial charge on any atom is 0.349 e. The summed E-state index contributed by atoms with van der Waals surface area (Å²) in [6.45, 7) is 2.40. The van der Waals surface area contributed by atoms with E-state index in [-0.39, 0.29) is 5.56 Å². The first kappa shape index (κ1) is 15.8. The van der Waals surface area contributed by atoms with E-state index in [1.165, 1.54) is 4.90 Å². The van der Waals surface area contributed by atoms with E-state index in [4.69, 9.17) is 9.15 Å². The van der Waals surface area contributed by atoms with Gasteiger partial charge in [0.2, 0.25) is 0 Å². The van der Waals surface area contributed by atoms with Crippen molar-refractivity contribution < 1.29 is 13.9 Å². The molecule has 0 aliphatic carbocycles. The Morgan fingerprint density at radius 1 is 1.12 bits per heavy atom. The molecule has 5 nitrogen and oxygen atoms in total. The zero-order chi connectivity index (χ0) is 17.1. The normalized spacial score (nSPS) is 10.6. The van der Waals surface area contributed by atoms with E-state index in [9.17, 15) is 9.59 Å². The lowest BCUT2D eigenvalue weighted by Gasteiger charge is -2.16. The molecule has 24 heavy (non-hydrogen) atoms. The lowest BCUT2D eigenvalue weighted by molar-refractivity contribution is 0.0989. The third kappa shape index (κ3) is 3.01. The van der Waals surface area contributed by atoms with Crippen LogP contribution in [0.3, 0.4) is 0 Å². The molecule has 0 spiro atoms. The number of hydrogen-bond acceptors (Lipinski definition) is 4. The van der Waals surface area contributed by atoms with Gasteiger partial charge in [0.05, 0.1) is 6.61 Å². The molecule has 122 valence electrons. The van der Waals surface area contributed by atoms with Crippen molar-refractivity contribution in [2.45, 2.75) is 6.92 Å². The second-order valence-electron chi connectivity index (χ2n) is 5.28. The van der Waals surface area contributed by atoms with Crippen molar-refractivity contribution in [3.05, 3.63) is 70.6 Å². The molecule has 0 N–H and O–H groups in total. The lowest BCUT2D eigenvalue weighted by atomic mass is 10.1. The van der Waals surface area contributed by atoms with Crippen LogP contribution in [-0.4, -0.2) is 19.6 Å². The SMILES string of the molecule is CCOc1ccc2cc(C(=O)N(C)c3ccccc3)c(=O)oc2c1. The molecule has 0 saturated carbocycles. The summed E-state index contributed by atoms with van der Waals surface area (Å²) in [4.78, 5) is 26.3. The predicted octanol–water partition coefficient (Wildman–Crippen LogP) is 3.47. The van der Waals surface area contributed by atoms with E-state index in [1.807, 2.05) is 25.1 Å². The number of nitrogens with zero attached hydrogens (tertiary/aromatic N) is 1. The fraction of sp³-hybridized carbons (Fsp3) is 0.158. The van der Waals surface area contributed by atoms with Gasteiger partial charge in [-0.3, -0.25) is 4.79 Å². The third-order valence-corrected chi connectivity index (χ3v) is 3.70. The number of ether oxygens (including phenoxy) is 1. The molecule has 0 radical (unpaired) electrons. The van der Waals surface area contributed by atoms with Crippen molar-refractivity contribution in [1.82, 2.24) is 0 Å². The number of amides is 1. The number of benzene rings is 2. The van der Waals surface area contributed by atoms with Crippen LogP contribution in [0.2, 0.25) is 0 Å². The van der Waals surface area contributed by atoms with Crippen molar-refractivity contribution in [2.24, 2.45) is 0 Å². The number of fused-ring (bicyclic) bond motifs is 1. The standard InChI is InChI=1S/C19H17NO4/c1-3-23-15-10-9-13-11-16(19(22)24-17(13)12-15)18(21)20(2)14-7-5-4-6-8-14/h4-12H,3H2,1-2H3. The zero-order valence-corrected chi connectivity index (χ0v) is 13.5. The Bertz CT molecular complexity index is 931. The molecule has 0 fully saturated rings. The first-order valence-electron chi connectivity index (χ1n) is 7.64. The Hall–Kier alpha value is -3.08. The maximum absolute atomic E-state index is 12.6. The van der Waals surface area contributed by atoms with Crippen LogP contribution < -0.4 is 15.3 Å². The minimum absolute atomic E-state index is 0.00184. The predicted molar refractivity (Wildman–Crippen MR) is 92.8 cm³/mol. The number of rotatable bonds is 4. The molecule has 1 amide bonds. The number of hydrogen-bond donors (Lipinski definition) is 0. The van der Waals surface area contributed by atoms with E-state index in [2.05, 4.69) is 0 Å². The summed E-state index contributed by atoms with van der Waals surface area (Å²) in [5, 5.41) is 0.669. The van der Waals surface area contributed by atoms with Gasteiger partial charge in [0, 0.05) is 24.2 Å². The summed E-state index contributed by atoms with van der Waals surface area (Å²) in [5.41, 5.74) is 0.431. The van der Waals surface area contributed by atoms with Crippen molar-refractivity contribution in [1.29, 1.82) is 0 Å². The summed E-state index contributed by atoms with van der Waals surface area (Å²) in [7, 11) is 1.62. The molecule has 3 rings (SSSR count). The number of carbonyl (C=O) groups excluding carboxylic acids is 1. The van der Waals surface area contributed by atoms with Gasteiger partial charge in [-0.15, -0.1) is 0 Å². The van der Waals surface area contributed by atoms with Crippen molar-refractivity contribution in [2.75, 3.05) is 18.6 Å². The smallest absolute Gasteiger partial charge is 0.349 e. The minimum atomic E-state index is -0.663. The molecule has 1 aromatic heterocycles. The summed E-state index contributed by atoms with van der Waals surface area (Å²) in [6.07, 6.45) is 0. The van der Waals surface area contributed by atoms with Crippen LogP contribution in [0.25, 0.3) is 11.0 Å². The second kappa shape index (κ2) is 6.58. The first-order chi connectivity index (χ1) is 11.6. The van der Waals surface area contributed by atoms with Gasteiger partial charge in [-0.2, -0.15) is 0 Å². The summed E-state index contributed by atoms with van der Waals surface area (Å²) < 4.78 is 10.7. The average Bonchev–Trinajstić information content (AvgIpc) is 2.61. The number of carbonyl (C=O) groups is 1. The Balaban J connectivity index is 2.00. The van der Waals surface area contributed by atoms with Crippen LogP contribution in [-0.2, 0) is 0 Å². The third-order valence-electron chi connectivity index (χ3n) is 3.70. The zero-order valence-electron chi connectivity index (χ0n) is 13.5. The van der Waals surface area contributed by atoms with Gasteiger partial charge >= 0.3 is 5.63 Å². The second-order valence-corrected chi connectivity index (χ2v) is 5.28. The Morgan fingerprint density at radius 2 is 1.88 bits per heavy atom. The summed E-state index contributed by atoms with van der Waals surface area (Å²) >= 11 is 0. The van der Waals surface area contributed by atoms with Crippen LogP contribution in [0, 0.1) is 0 Å². The van der Waals surface area contributed by atoms with Crippen molar-refractivity contribution in [3.63, 3.8) is 0 Å². The topological polar surface area (TPSA) is 59.8 Å². The molecule has 5 heteroatoms. The molecular formula is C19H17NO4. The van der Waals surface area contributed by atoms with Gasteiger partial charge in [-0.05, 0) is 37.3 Å². The monoisotopic (exact) mass is 323 g/mol. The highest BCUT2D eigenvalue weighted by Crippen LogP contribution is 2.21. The fourth-order valence-corrected chi connectivity index (χ4v) is 2.45. The van der Waals surface area contributed by atoms with E-state index < -0.39 is 11.5 Å². The van der Waals surface area contributed by atoms with Gasteiger partial charge in [0.15, 0.2) is 0 Å². The molecular weight excluding hydrogens is 306 g/mol. The molecule has 1 heterocycles. The van der Waals surface area contributed by atoms with Crippen LogP contribution in [0.5, 0.6) is 5.75 Å². The highest BCUT2D eigenvalue weighted by Gasteiger charge is 2.19. The van der Waals surface area contributed by atoms with Crippen molar-refractivity contribution >= 4 is 22.6 Å². The van der Waals surface area contributed by atoms with Gasteiger partial charge in [-0.25, -0.2) is 4.79 Å². The molecule has 0 bridgehead atoms. The molecule has 0 aliphatic heterocycles. The Kier molecular flexibility index (Phi) is 4.33. The van der Waals surface area contributed by atoms with Crippen LogP contribution in [0.1, 0.15) is 17.3 Å². The summed E-state index contributed by atoms with van der Waals surface area (Å²) in [6, 6.07) is 15.9. The fourth-order valence-electron chi connectivity index (χ4n) is 2.45. The van der Waals surface area contributed by atoms with E-state index in [1.54, 1.807) is 43.4 Å². The Morgan fingerprint density at radius 3 is 2.58 bits per heavy atom. The lowest BCUT2D eigenvalue weighted by Crippen LogP contribution is -2.30.